The summed E-state index contributed by atoms with van der Waals surface area (Å²) in [5.41, 5.74) is 2.29. The number of halogens is 1. The maximum Gasteiger partial charge on any atom is 0.217 e. The van der Waals surface area contributed by atoms with Gasteiger partial charge in [-0.25, -0.2) is 4.39 Å². The molecule has 1 aliphatic heterocycles. The van der Waals surface area contributed by atoms with Crippen LogP contribution in [0.25, 0.3) is 0 Å². The molecule has 0 aromatic heterocycles. The topological polar surface area (TPSA) is 32.3 Å². The molecule has 4 atom stereocenters. The second-order valence-electron chi connectivity index (χ2n) is 9.31. The Kier molecular flexibility index (Phi) is 4.15. The highest BCUT2D eigenvalue weighted by Crippen LogP contribution is 2.51. The van der Waals surface area contributed by atoms with Gasteiger partial charge in [0.2, 0.25) is 5.91 Å². The highest BCUT2D eigenvalue weighted by Gasteiger charge is 2.46. The summed E-state index contributed by atoms with van der Waals surface area (Å²) in [4.78, 5) is 14.3. The van der Waals surface area contributed by atoms with Crippen LogP contribution in [-0.2, 0) is 10.2 Å². The summed E-state index contributed by atoms with van der Waals surface area (Å²) in [5, 5.41) is 3.09. The lowest BCUT2D eigenvalue weighted by Gasteiger charge is -2.41. The van der Waals surface area contributed by atoms with E-state index in [2.05, 4.69) is 22.4 Å². The third-order valence-corrected chi connectivity index (χ3v) is 7.66. The molecule has 4 heteroatoms. The number of carbonyl (C=O) groups excluding carboxylic acids is 1. The van der Waals surface area contributed by atoms with Crippen molar-refractivity contribution in [1.82, 2.24) is 10.2 Å². The van der Waals surface area contributed by atoms with Crippen molar-refractivity contribution < 1.29 is 10.6 Å². The van der Waals surface area contributed by atoms with Crippen LogP contribution in [0.1, 0.15) is 57.6 Å². The molecule has 146 valence electrons. The summed E-state index contributed by atoms with van der Waals surface area (Å²) in [6.45, 7) is 4.95. The number of amides is 1. The van der Waals surface area contributed by atoms with Gasteiger partial charge in [-0.1, -0.05) is 18.2 Å². The molecule has 5 rings (SSSR count). The number of carbonyl (C=O) groups is 1. The number of fused-ring (bicyclic) bond motifs is 4. The molecule has 1 amide bonds. The molecule has 1 N–H and O–H groups in total. The van der Waals surface area contributed by atoms with Crippen molar-refractivity contribution in [3.8, 4) is 0 Å². The minimum Gasteiger partial charge on any atom is -0.349 e. The molecule has 1 saturated heterocycles. The number of rotatable bonds is 3. The fraction of sp³-hybridized carbons (Fsp3) is 0.609. The van der Waals surface area contributed by atoms with Gasteiger partial charge in [-0.05, 0) is 86.2 Å². The number of hydrogen-bond acceptors (Lipinski definition) is 2. The zero-order valence-electron chi connectivity index (χ0n) is 16.1. The van der Waals surface area contributed by atoms with Crippen LogP contribution in [0.4, 0.5) is 4.39 Å². The van der Waals surface area contributed by atoms with Crippen molar-refractivity contribution in [2.24, 2.45) is 17.8 Å². The number of likely N-dealkylation sites (tertiary alicyclic amines) is 1. The Morgan fingerprint density at radius 1 is 1.30 bits per heavy atom. The average molecular weight is 371 g/mol. The van der Waals surface area contributed by atoms with Gasteiger partial charge in [0, 0.05) is 20.3 Å². The van der Waals surface area contributed by atoms with Gasteiger partial charge in [0.15, 0.2) is 0 Å². The molecule has 0 radical (unpaired) electrons. The van der Waals surface area contributed by atoms with E-state index < -0.39 is 0 Å². The third-order valence-electron chi connectivity index (χ3n) is 7.66. The predicted octanol–water partition coefficient (Wildman–Crippen LogP) is 4.20. The Morgan fingerprint density at radius 3 is 2.78 bits per heavy atom. The van der Waals surface area contributed by atoms with Crippen molar-refractivity contribution in [2.75, 3.05) is 19.6 Å². The van der Waals surface area contributed by atoms with E-state index >= 15 is 0 Å². The maximum atomic E-state index is 14.0. The Labute approximate surface area is 162 Å². The van der Waals surface area contributed by atoms with Crippen LogP contribution in [0.2, 0.25) is 0 Å². The molecule has 2 bridgehead atoms. The van der Waals surface area contributed by atoms with E-state index in [1.54, 1.807) is 13.0 Å². The minimum atomic E-state index is -0.159. The second kappa shape index (κ2) is 6.44. The van der Waals surface area contributed by atoms with Crippen LogP contribution in [0, 0.1) is 23.6 Å². The summed E-state index contributed by atoms with van der Waals surface area (Å²) in [6.07, 6.45) is 10.6. The zero-order chi connectivity index (χ0) is 18.6. The molecule has 27 heavy (non-hydrogen) atoms. The molecule has 3 aliphatic carbocycles. The Hall–Kier alpha value is -1.68. The number of nitrogens with one attached hydrogen (secondary N) is 1. The summed E-state index contributed by atoms with van der Waals surface area (Å²) in [6, 6.07) is 5.17. The second-order valence-corrected chi connectivity index (χ2v) is 9.31. The number of piperidine rings is 1. The quantitative estimate of drug-likeness (QED) is 0.809. The van der Waals surface area contributed by atoms with Gasteiger partial charge in [-0.15, -0.1) is 0 Å². The SMILES string of the molecule is CC(=O)NC1CC2(CCN(CC3CC4C=CC3C4)CC2)c2cc(F)ccc21.[HH]. The first-order valence-corrected chi connectivity index (χ1v) is 10.5. The van der Waals surface area contributed by atoms with Crippen molar-refractivity contribution in [3.05, 3.63) is 47.3 Å². The third kappa shape index (κ3) is 3.02. The molecular formula is C23H31FN2O. The lowest BCUT2D eigenvalue weighted by Crippen LogP contribution is -2.44. The molecule has 1 spiro atoms. The molecule has 4 aliphatic rings. The van der Waals surface area contributed by atoms with E-state index in [1.807, 2.05) is 6.07 Å². The zero-order valence-corrected chi connectivity index (χ0v) is 16.1. The maximum absolute atomic E-state index is 14.0. The highest BCUT2D eigenvalue weighted by atomic mass is 19.1. The summed E-state index contributed by atoms with van der Waals surface area (Å²) in [7, 11) is 0. The minimum absolute atomic E-state index is 0. The van der Waals surface area contributed by atoms with Crippen molar-refractivity contribution in [2.45, 2.75) is 50.5 Å². The Balaban J connectivity index is 0.00000192. The molecular weight excluding hydrogens is 339 g/mol. The molecule has 1 aromatic carbocycles. The fourth-order valence-corrected chi connectivity index (χ4v) is 6.35. The number of hydrogen-bond donors (Lipinski definition) is 1. The fourth-order valence-electron chi connectivity index (χ4n) is 6.35. The number of allylic oxidation sites excluding steroid dienone is 2. The van der Waals surface area contributed by atoms with E-state index in [9.17, 15) is 9.18 Å². The lowest BCUT2D eigenvalue weighted by molar-refractivity contribution is -0.119. The van der Waals surface area contributed by atoms with Crippen LogP contribution in [0.3, 0.4) is 0 Å². The molecule has 1 heterocycles. The van der Waals surface area contributed by atoms with Crippen LogP contribution in [-0.4, -0.2) is 30.4 Å². The normalized spacial score (nSPS) is 33.6. The van der Waals surface area contributed by atoms with Crippen LogP contribution in [0.5, 0.6) is 0 Å². The first-order valence-electron chi connectivity index (χ1n) is 10.5. The van der Waals surface area contributed by atoms with E-state index in [0.717, 1.165) is 61.2 Å². The summed E-state index contributed by atoms with van der Waals surface area (Å²) >= 11 is 0. The predicted molar refractivity (Wildman–Crippen MR) is 106 cm³/mol. The van der Waals surface area contributed by atoms with Gasteiger partial charge in [0.05, 0.1) is 6.04 Å². The highest BCUT2D eigenvalue weighted by molar-refractivity contribution is 5.73. The van der Waals surface area contributed by atoms with Gasteiger partial charge >= 0.3 is 0 Å². The number of benzene rings is 1. The van der Waals surface area contributed by atoms with Crippen LogP contribution in [0.15, 0.2) is 30.4 Å². The monoisotopic (exact) mass is 370 g/mol. The molecule has 4 unspecified atom stereocenters. The largest absolute Gasteiger partial charge is 0.349 e. The first kappa shape index (κ1) is 17.4. The van der Waals surface area contributed by atoms with E-state index in [1.165, 1.54) is 25.5 Å². The molecule has 1 aromatic rings. The molecule has 2 fully saturated rings. The smallest absolute Gasteiger partial charge is 0.217 e. The van der Waals surface area contributed by atoms with Gasteiger partial charge in [0.1, 0.15) is 5.82 Å². The van der Waals surface area contributed by atoms with Gasteiger partial charge in [-0.2, -0.15) is 0 Å². The van der Waals surface area contributed by atoms with Crippen LogP contribution < -0.4 is 5.32 Å². The Bertz CT molecular complexity index is 787. The van der Waals surface area contributed by atoms with Crippen molar-refractivity contribution in [3.63, 3.8) is 0 Å². The number of nitrogens with zero attached hydrogens (tertiary/aromatic N) is 1. The average Bonchev–Trinajstić information content (AvgIpc) is 3.31. The Morgan fingerprint density at radius 2 is 2.11 bits per heavy atom. The lowest BCUT2D eigenvalue weighted by atomic mass is 9.73. The van der Waals surface area contributed by atoms with Gasteiger partial charge < -0.3 is 10.2 Å². The standard InChI is InChI=1S/C23H29FN2O.H2/c1-15(27)25-22-13-23(21-12-19(24)4-5-20(21)22)6-8-26(9-7-23)14-18-11-16-2-3-17(18)10-16;/h2-5,12,16-18,22H,6-11,13-14H2,1H3,(H,25,27);1H. The first-order chi connectivity index (χ1) is 13.0. The van der Waals surface area contributed by atoms with Crippen molar-refractivity contribution >= 4 is 5.91 Å². The molecule has 3 nitrogen and oxygen atoms in total. The summed E-state index contributed by atoms with van der Waals surface area (Å²) < 4.78 is 14.0. The van der Waals surface area contributed by atoms with Crippen molar-refractivity contribution in [1.29, 1.82) is 0 Å². The van der Waals surface area contributed by atoms with E-state index in [-0.39, 0.29) is 24.6 Å². The van der Waals surface area contributed by atoms with E-state index in [0.29, 0.717) is 0 Å². The summed E-state index contributed by atoms with van der Waals surface area (Å²) in [5.74, 6) is 2.30. The van der Waals surface area contributed by atoms with E-state index in [4.69, 9.17) is 0 Å². The van der Waals surface area contributed by atoms with Gasteiger partial charge in [0.25, 0.3) is 0 Å². The van der Waals surface area contributed by atoms with Gasteiger partial charge in [-0.3, -0.25) is 4.79 Å². The molecule has 1 saturated carbocycles. The van der Waals surface area contributed by atoms with Crippen LogP contribution >= 0.6 is 0 Å².